The SMILES string of the molecule is COc1cccc(NC(=O)c2ccc(N3C(=O)[C@@H]4C5c6ccccc6C(c6ccccc65)[C@@]4(C)C3=O)cc2)c1. The number of nitrogens with zero attached hydrogens (tertiary/aromatic N) is 1. The van der Waals surface area contributed by atoms with Crippen LogP contribution in [-0.2, 0) is 9.59 Å². The van der Waals surface area contributed by atoms with Gasteiger partial charge in [0.05, 0.1) is 24.1 Å². The normalized spacial score (nSPS) is 24.2. The van der Waals surface area contributed by atoms with E-state index in [0.29, 0.717) is 22.7 Å². The number of rotatable bonds is 4. The first-order chi connectivity index (χ1) is 18.9. The van der Waals surface area contributed by atoms with Gasteiger partial charge in [0.25, 0.3) is 5.91 Å². The van der Waals surface area contributed by atoms with Gasteiger partial charge in [-0.15, -0.1) is 0 Å². The van der Waals surface area contributed by atoms with Crippen molar-refractivity contribution in [2.45, 2.75) is 18.8 Å². The zero-order valence-corrected chi connectivity index (χ0v) is 21.5. The van der Waals surface area contributed by atoms with Crippen LogP contribution < -0.4 is 15.0 Å². The maximum Gasteiger partial charge on any atom is 0.255 e. The van der Waals surface area contributed by atoms with E-state index in [4.69, 9.17) is 4.74 Å². The van der Waals surface area contributed by atoms with Gasteiger partial charge in [-0.25, -0.2) is 4.90 Å². The standard InChI is InChI=1S/C33H26N2O4/c1-33-28-25-12-5-3-10-23(25)27(24-11-4-6-13-26(24)28)29(33)31(37)35(32(33)38)21-16-14-19(15-17-21)30(36)34-20-8-7-9-22(18-20)39-2/h3-18,27-29H,1-2H3,(H,34,36)/t27?,28?,29-,33+/m0/s1. The van der Waals surface area contributed by atoms with Gasteiger partial charge in [-0.05, 0) is 65.6 Å². The molecule has 192 valence electrons. The number of benzene rings is 4. The molecule has 2 bridgehead atoms. The maximum atomic E-state index is 14.2. The lowest BCUT2D eigenvalue weighted by Gasteiger charge is -2.51. The van der Waals surface area contributed by atoms with Crippen LogP contribution in [0.2, 0.25) is 0 Å². The van der Waals surface area contributed by atoms with E-state index >= 15 is 0 Å². The predicted octanol–water partition coefficient (Wildman–Crippen LogP) is 5.73. The summed E-state index contributed by atoms with van der Waals surface area (Å²) >= 11 is 0. The number of nitrogens with one attached hydrogen (secondary N) is 1. The lowest BCUT2D eigenvalue weighted by atomic mass is 9.48. The van der Waals surface area contributed by atoms with E-state index < -0.39 is 11.3 Å². The minimum atomic E-state index is -0.896. The van der Waals surface area contributed by atoms with Crippen LogP contribution in [0.15, 0.2) is 97.1 Å². The van der Waals surface area contributed by atoms with Crippen molar-refractivity contribution in [3.05, 3.63) is 125 Å². The summed E-state index contributed by atoms with van der Waals surface area (Å²) < 4.78 is 5.22. The second-order valence-electron chi connectivity index (χ2n) is 10.6. The molecule has 4 aromatic rings. The number of hydrogen-bond acceptors (Lipinski definition) is 4. The number of carbonyl (C=O) groups excluding carboxylic acids is 3. The lowest BCUT2D eigenvalue weighted by Crippen LogP contribution is -2.49. The topological polar surface area (TPSA) is 75.7 Å². The molecule has 1 saturated heterocycles. The zero-order valence-electron chi connectivity index (χ0n) is 21.5. The summed E-state index contributed by atoms with van der Waals surface area (Å²) in [7, 11) is 1.57. The van der Waals surface area contributed by atoms with Crippen LogP contribution in [0.4, 0.5) is 11.4 Å². The molecule has 1 fully saturated rings. The molecule has 3 aliphatic carbocycles. The molecule has 8 rings (SSSR count). The first kappa shape index (κ1) is 23.4. The summed E-state index contributed by atoms with van der Waals surface area (Å²) in [6, 6.07) is 30.2. The largest absolute Gasteiger partial charge is 0.497 e. The van der Waals surface area contributed by atoms with Gasteiger partial charge in [0, 0.05) is 29.2 Å². The van der Waals surface area contributed by atoms with Gasteiger partial charge in [0.1, 0.15) is 5.75 Å². The minimum absolute atomic E-state index is 0.179. The van der Waals surface area contributed by atoms with E-state index in [-0.39, 0.29) is 29.6 Å². The molecule has 1 N–H and O–H groups in total. The van der Waals surface area contributed by atoms with Gasteiger partial charge in [-0.2, -0.15) is 0 Å². The van der Waals surface area contributed by atoms with Gasteiger partial charge >= 0.3 is 0 Å². The van der Waals surface area contributed by atoms with Crippen LogP contribution in [0.3, 0.4) is 0 Å². The number of carbonyl (C=O) groups is 3. The van der Waals surface area contributed by atoms with E-state index in [2.05, 4.69) is 29.6 Å². The van der Waals surface area contributed by atoms with Crippen LogP contribution in [0, 0.1) is 11.3 Å². The number of imide groups is 1. The van der Waals surface area contributed by atoms with E-state index in [1.54, 1.807) is 55.6 Å². The predicted molar refractivity (Wildman–Crippen MR) is 148 cm³/mol. The molecule has 4 aromatic carbocycles. The van der Waals surface area contributed by atoms with Gasteiger partial charge in [0.15, 0.2) is 0 Å². The van der Waals surface area contributed by atoms with Crippen molar-refractivity contribution in [3.63, 3.8) is 0 Å². The molecule has 1 heterocycles. The Kier molecular flexibility index (Phi) is 5.04. The van der Waals surface area contributed by atoms with E-state index in [1.165, 1.54) is 4.90 Å². The Labute approximate surface area is 226 Å². The summed E-state index contributed by atoms with van der Waals surface area (Å²) in [6.07, 6.45) is 0. The smallest absolute Gasteiger partial charge is 0.255 e. The molecule has 6 heteroatoms. The second-order valence-corrected chi connectivity index (χ2v) is 10.6. The third-order valence-electron chi connectivity index (χ3n) is 8.73. The molecule has 0 radical (unpaired) electrons. The van der Waals surface area contributed by atoms with Gasteiger partial charge in [0.2, 0.25) is 11.8 Å². The Morgan fingerprint density at radius 3 is 2.05 bits per heavy atom. The van der Waals surface area contributed by atoms with Crippen LogP contribution in [0.25, 0.3) is 0 Å². The monoisotopic (exact) mass is 514 g/mol. The van der Waals surface area contributed by atoms with Crippen molar-refractivity contribution in [3.8, 4) is 5.75 Å². The molecule has 0 spiro atoms. The molecule has 6 nitrogen and oxygen atoms in total. The summed E-state index contributed by atoms with van der Waals surface area (Å²) in [5.41, 5.74) is 5.15. The summed E-state index contributed by atoms with van der Waals surface area (Å²) in [5, 5.41) is 2.86. The fourth-order valence-electron chi connectivity index (χ4n) is 7.03. The molecule has 4 aliphatic rings. The maximum absolute atomic E-state index is 14.2. The minimum Gasteiger partial charge on any atom is -0.497 e. The van der Waals surface area contributed by atoms with E-state index in [9.17, 15) is 14.4 Å². The van der Waals surface area contributed by atoms with Crippen molar-refractivity contribution >= 4 is 29.1 Å². The summed E-state index contributed by atoms with van der Waals surface area (Å²) in [4.78, 5) is 42.5. The average molecular weight is 515 g/mol. The average Bonchev–Trinajstić information content (AvgIpc) is 3.18. The van der Waals surface area contributed by atoms with Gasteiger partial charge in [-0.1, -0.05) is 54.6 Å². The Bertz CT molecular complexity index is 1630. The van der Waals surface area contributed by atoms with Crippen molar-refractivity contribution in [2.24, 2.45) is 11.3 Å². The molecule has 3 amide bonds. The summed E-state index contributed by atoms with van der Waals surface area (Å²) in [6.45, 7) is 1.96. The quantitative estimate of drug-likeness (QED) is 0.353. The highest BCUT2D eigenvalue weighted by Gasteiger charge is 2.68. The lowest BCUT2D eigenvalue weighted by molar-refractivity contribution is -0.128. The Balaban J connectivity index is 1.23. The number of ether oxygens (including phenoxy) is 1. The third-order valence-corrected chi connectivity index (χ3v) is 8.73. The highest BCUT2D eigenvalue weighted by atomic mass is 16.5. The van der Waals surface area contributed by atoms with E-state index in [0.717, 1.165) is 22.3 Å². The molecular formula is C33H26N2O4. The Hall–Kier alpha value is -4.71. The number of anilines is 2. The number of methoxy groups -OCH3 is 1. The van der Waals surface area contributed by atoms with Crippen LogP contribution in [-0.4, -0.2) is 24.8 Å². The van der Waals surface area contributed by atoms with Crippen molar-refractivity contribution in [1.82, 2.24) is 0 Å². The molecule has 39 heavy (non-hydrogen) atoms. The van der Waals surface area contributed by atoms with Gasteiger partial charge < -0.3 is 10.1 Å². The zero-order chi connectivity index (χ0) is 26.9. The molecule has 0 unspecified atom stereocenters. The van der Waals surface area contributed by atoms with E-state index in [1.807, 2.05) is 31.2 Å². The van der Waals surface area contributed by atoms with Crippen LogP contribution in [0.1, 0.15) is 51.4 Å². The second kappa shape index (κ2) is 8.40. The Morgan fingerprint density at radius 2 is 1.44 bits per heavy atom. The van der Waals surface area contributed by atoms with Crippen molar-refractivity contribution < 1.29 is 19.1 Å². The highest BCUT2D eigenvalue weighted by molar-refractivity contribution is 6.25. The van der Waals surface area contributed by atoms with Crippen LogP contribution >= 0.6 is 0 Å². The van der Waals surface area contributed by atoms with Crippen molar-refractivity contribution in [2.75, 3.05) is 17.3 Å². The van der Waals surface area contributed by atoms with Crippen LogP contribution in [0.5, 0.6) is 5.75 Å². The first-order valence-corrected chi connectivity index (χ1v) is 13.0. The van der Waals surface area contributed by atoms with Gasteiger partial charge in [-0.3, -0.25) is 14.4 Å². The number of amides is 3. The molecule has 1 aliphatic heterocycles. The third kappa shape index (κ3) is 3.18. The fraction of sp³-hybridized carbons (Fsp3) is 0.182. The first-order valence-electron chi connectivity index (χ1n) is 13.0. The Morgan fingerprint density at radius 1 is 0.821 bits per heavy atom. The molecule has 0 saturated carbocycles. The highest BCUT2D eigenvalue weighted by Crippen LogP contribution is 2.67. The molecule has 2 atom stereocenters. The molecule has 0 aromatic heterocycles. The van der Waals surface area contributed by atoms with Crippen molar-refractivity contribution in [1.29, 1.82) is 0 Å². The number of hydrogen-bond donors (Lipinski definition) is 1. The molecular weight excluding hydrogens is 488 g/mol. The summed E-state index contributed by atoms with van der Waals surface area (Å²) in [5.74, 6) is -0.895. The fourth-order valence-corrected chi connectivity index (χ4v) is 7.03.